The molecule has 0 amide bonds. The van der Waals surface area contributed by atoms with Crippen LogP contribution in [0, 0.1) is 10.1 Å². The highest BCUT2D eigenvalue weighted by molar-refractivity contribution is 5.75. The molecule has 0 fully saturated rings. The van der Waals surface area contributed by atoms with Crippen LogP contribution in [0.2, 0.25) is 0 Å². The second kappa shape index (κ2) is 7.33. The van der Waals surface area contributed by atoms with E-state index in [1.165, 1.54) is 12.1 Å². The maximum atomic E-state index is 10.7. The molecule has 0 aliphatic heterocycles. The molecule has 4 heteroatoms. The van der Waals surface area contributed by atoms with Crippen molar-refractivity contribution in [1.29, 1.82) is 0 Å². The molecule has 0 unspecified atom stereocenters. The SMILES string of the molecule is O=[N+]([O-])c1ccc(N=CC(c2ccccc2)c2ccccc2)cc1. The van der Waals surface area contributed by atoms with Crippen molar-refractivity contribution in [1.82, 2.24) is 0 Å². The van der Waals surface area contributed by atoms with Crippen molar-refractivity contribution in [2.75, 3.05) is 0 Å². The summed E-state index contributed by atoms with van der Waals surface area (Å²) in [5.74, 6) is 0.0302. The maximum absolute atomic E-state index is 10.7. The van der Waals surface area contributed by atoms with Crippen LogP contribution in [0.25, 0.3) is 0 Å². The van der Waals surface area contributed by atoms with Crippen LogP contribution in [0.4, 0.5) is 11.4 Å². The molecular weight excluding hydrogens is 300 g/mol. The Labute approximate surface area is 140 Å². The van der Waals surface area contributed by atoms with Gasteiger partial charge in [0.15, 0.2) is 0 Å². The Morgan fingerprint density at radius 1 is 0.792 bits per heavy atom. The largest absolute Gasteiger partial charge is 0.269 e. The molecule has 0 aliphatic rings. The highest BCUT2D eigenvalue weighted by Gasteiger charge is 2.11. The highest BCUT2D eigenvalue weighted by Crippen LogP contribution is 2.24. The minimum atomic E-state index is -0.412. The smallest absolute Gasteiger partial charge is 0.260 e. The molecule has 24 heavy (non-hydrogen) atoms. The van der Waals surface area contributed by atoms with Crippen LogP contribution in [0.15, 0.2) is 89.9 Å². The number of rotatable bonds is 5. The van der Waals surface area contributed by atoms with E-state index in [0.717, 1.165) is 11.1 Å². The summed E-state index contributed by atoms with van der Waals surface area (Å²) in [4.78, 5) is 14.8. The Balaban J connectivity index is 1.90. The maximum Gasteiger partial charge on any atom is 0.269 e. The van der Waals surface area contributed by atoms with Gasteiger partial charge in [-0.2, -0.15) is 0 Å². The number of non-ortho nitro benzene ring substituents is 1. The number of aliphatic imine (C=N–C) groups is 1. The molecule has 0 N–H and O–H groups in total. The van der Waals surface area contributed by atoms with Gasteiger partial charge in [0.05, 0.1) is 10.6 Å². The minimum absolute atomic E-state index is 0.0302. The predicted molar refractivity (Wildman–Crippen MR) is 96.0 cm³/mol. The van der Waals surface area contributed by atoms with E-state index in [-0.39, 0.29) is 11.6 Å². The molecule has 0 aliphatic carbocycles. The van der Waals surface area contributed by atoms with Crippen LogP contribution in [-0.2, 0) is 0 Å². The Bertz CT molecular complexity index is 789. The lowest BCUT2D eigenvalue weighted by Gasteiger charge is -2.13. The van der Waals surface area contributed by atoms with Gasteiger partial charge in [0.1, 0.15) is 0 Å². The predicted octanol–water partition coefficient (Wildman–Crippen LogP) is 5.13. The lowest BCUT2D eigenvalue weighted by molar-refractivity contribution is -0.384. The van der Waals surface area contributed by atoms with Gasteiger partial charge in [-0.05, 0) is 23.3 Å². The number of hydrogen-bond donors (Lipinski definition) is 0. The molecule has 3 aromatic rings. The lowest BCUT2D eigenvalue weighted by atomic mass is 9.92. The van der Waals surface area contributed by atoms with Gasteiger partial charge < -0.3 is 0 Å². The van der Waals surface area contributed by atoms with Gasteiger partial charge in [-0.1, -0.05) is 60.7 Å². The van der Waals surface area contributed by atoms with Crippen LogP contribution in [0.5, 0.6) is 0 Å². The molecule has 0 spiro atoms. The second-order valence-electron chi connectivity index (χ2n) is 5.35. The van der Waals surface area contributed by atoms with E-state index in [1.807, 2.05) is 42.6 Å². The van der Waals surface area contributed by atoms with Crippen LogP contribution in [0.3, 0.4) is 0 Å². The quantitative estimate of drug-likeness (QED) is 0.372. The molecule has 0 heterocycles. The van der Waals surface area contributed by atoms with E-state index in [1.54, 1.807) is 12.1 Å². The first kappa shape index (κ1) is 15.6. The fraction of sp³-hybridized carbons (Fsp3) is 0.0500. The summed E-state index contributed by atoms with van der Waals surface area (Å²) in [6.07, 6.45) is 1.88. The summed E-state index contributed by atoms with van der Waals surface area (Å²) in [5.41, 5.74) is 3.05. The van der Waals surface area contributed by atoms with Crippen LogP contribution >= 0.6 is 0 Å². The van der Waals surface area contributed by atoms with E-state index < -0.39 is 4.92 Å². The normalized spacial score (nSPS) is 11.0. The fourth-order valence-electron chi connectivity index (χ4n) is 2.51. The van der Waals surface area contributed by atoms with Crippen LogP contribution in [-0.4, -0.2) is 11.1 Å². The highest BCUT2D eigenvalue weighted by atomic mass is 16.6. The molecule has 3 aromatic carbocycles. The Kier molecular flexibility index (Phi) is 4.77. The molecule has 0 saturated carbocycles. The summed E-state index contributed by atoms with van der Waals surface area (Å²) in [5, 5.41) is 10.7. The number of nitro groups is 1. The van der Waals surface area contributed by atoms with Gasteiger partial charge in [-0.15, -0.1) is 0 Å². The second-order valence-corrected chi connectivity index (χ2v) is 5.35. The van der Waals surface area contributed by atoms with Crippen molar-refractivity contribution in [2.45, 2.75) is 5.92 Å². The molecule has 0 aromatic heterocycles. The Hall–Kier alpha value is -3.27. The van der Waals surface area contributed by atoms with Crippen LogP contribution in [0.1, 0.15) is 17.0 Å². The molecule has 3 rings (SSSR count). The average Bonchev–Trinajstić information content (AvgIpc) is 2.64. The summed E-state index contributed by atoms with van der Waals surface area (Å²) >= 11 is 0. The minimum Gasteiger partial charge on any atom is -0.260 e. The molecule has 118 valence electrons. The van der Waals surface area contributed by atoms with E-state index in [4.69, 9.17) is 0 Å². The zero-order valence-corrected chi connectivity index (χ0v) is 12.9. The first-order chi connectivity index (χ1) is 11.7. The summed E-state index contributed by atoms with van der Waals surface area (Å²) < 4.78 is 0. The van der Waals surface area contributed by atoms with Gasteiger partial charge in [-0.3, -0.25) is 15.1 Å². The zero-order chi connectivity index (χ0) is 16.8. The fourth-order valence-corrected chi connectivity index (χ4v) is 2.51. The monoisotopic (exact) mass is 316 g/mol. The molecule has 0 saturated heterocycles. The first-order valence-corrected chi connectivity index (χ1v) is 7.62. The first-order valence-electron chi connectivity index (χ1n) is 7.62. The summed E-state index contributed by atoms with van der Waals surface area (Å²) in [6, 6.07) is 26.5. The van der Waals surface area contributed by atoms with Gasteiger partial charge >= 0.3 is 0 Å². The van der Waals surface area contributed by atoms with Crippen molar-refractivity contribution in [3.63, 3.8) is 0 Å². The molecular formula is C20H16N2O2. The third kappa shape index (κ3) is 3.73. The number of nitro benzene ring substituents is 1. The summed E-state index contributed by atoms with van der Waals surface area (Å²) in [6.45, 7) is 0. The van der Waals surface area contributed by atoms with Crippen molar-refractivity contribution in [2.24, 2.45) is 4.99 Å². The number of hydrogen-bond acceptors (Lipinski definition) is 3. The number of benzene rings is 3. The third-order valence-electron chi connectivity index (χ3n) is 3.75. The van der Waals surface area contributed by atoms with Crippen molar-refractivity contribution < 1.29 is 4.92 Å². The van der Waals surface area contributed by atoms with Gasteiger partial charge in [0.25, 0.3) is 5.69 Å². The van der Waals surface area contributed by atoms with Gasteiger partial charge in [0, 0.05) is 24.3 Å². The molecule has 0 bridgehead atoms. The molecule has 0 atom stereocenters. The van der Waals surface area contributed by atoms with Crippen molar-refractivity contribution in [3.8, 4) is 0 Å². The van der Waals surface area contributed by atoms with Crippen LogP contribution < -0.4 is 0 Å². The molecule has 4 nitrogen and oxygen atoms in total. The number of nitrogens with zero attached hydrogens (tertiary/aromatic N) is 2. The Morgan fingerprint density at radius 3 is 1.75 bits per heavy atom. The van der Waals surface area contributed by atoms with Crippen molar-refractivity contribution >= 4 is 17.6 Å². The van der Waals surface area contributed by atoms with E-state index >= 15 is 0 Å². The van der Waals surface area contributed by atoms with E-state index in [9.17, 15) is 10.1 Å². The van der Waals surface area contributed by atoms with Gasteiger partial charge in [0.2, 0.25) is 0 Å². The standard InChI is InChI=1S/C20H16N2O2/c23-22(24)19-13-11-18(12-14-19)21-15-20(16-7-3-1-4-8-16)17-9-5-2-6-10-17/h1-15,20H. The van der Waals surface area contributed by atoms with E-state index in [0.29, 0.717) is 5.69 Å². The van der Waals surface area contributed by atoms with Crippen molar-refractivity contribution in [3.05, 3.63) is 106 Å². The Morgan fingerprint density at radius 2 is 1.29 bits per heavy atom. The zero-order valence-electron chi connectivity index (χ0n) is 12.9. The van der Waals surface area contributed by atoms with Gasteiger partial charge in [-0.25, -0.2) is 0 Å². The molecule has 0 radical (unpaired) electrons. The van der Waals surface area contributed by atoms with E-state index in [2.05, 4.69) is 29.3 Å². The topological polar surface area (TPSA) is 55.5 Å². The summed E-state index contributed by atoms with van der Waals surface area (Å²) in [7, 11) is 0. The average molecular weight is 316 g/mol. The third-order valence-corrected chi connectivity index (χ3v) is 3.75. The lowest BCUT2D eigenvalue weighted by Crippen LogP contribution is -2.02.